The normalized spacial score (nSPS) is 12.7. The van der Waals surface area contributed by atoms with E-state index in [4.69, 9.17) is 4.74 Å². The fourth-order valence-electron chi connectivity index (χ4n) is 5.69. The van der Waals surface area contributed by atoms with Crippen LogP contribution in [-0.2, 0) is 0 Å². The maximum Gasteiger partial charge on any atom is 0.197 e. The van der Waals surface area contributed by atoms with Crippen molar-refractivity contribution in [1.29, 1.82) is 0 Å². The molecule has 3 heterocycles. The predicted octanol–water partition coefficient (Wildman–Crippen LogP) is 7.13. The summed E-state index contributed by atoms with van der Waals surface area (Å²) in [4.78, 5) is 29.2. The molecule has 0 saturated heterocycles. The third kappa shape index (κ3) is 2.63. The van der Waals surface area contributed by atoms with Crippen LogP contribution in [0.2, 0.25) is 0 Å². The van der Waals surface area contributed by atoms with Crippen molar-refractivity contribution < 1.29 is 4.74 Å². The lowest BCUT2D eigenvalue weighted by Gasteiger charge is -2.33. The van der Waals surface area contributed by atoms with Gasteiger partial charge in [0.1, 0.15) is 0 Å². The average Bonchev–Trinajstić information content (AvgIpc) is 2.95. The molecule has 0 amide bonds. The van der Waals surface area contributed by atoms with Gasteiger partial charge >= 0.3 is 0 Å². The Bertz CT molecular complexity index is 2120. The quantitative estimate of drug-likeness (QED) is 0.186. The summed E-state index contributed by atoms with van der Waals surface area (Å²) in [5, 5.41) is 2.32. The minimum absolute atomic E-state index is 0.0628. The first-order chi connectivity index (χ1) is 18.2. The number of fused-ring (bicyclic) bond motifs is 6. The van der Waals surface area contributed by atoms with Gasteiger partial charge in [0, 0.05) is 27.2 Å². The summed E-state index contributed by atoms with van der Waals surface area (Å²) >= 11 is 0. The second kappa shape index (κ2) is 7.18. The van der Waals surface area contributed by atoms with E-state index in [2.05, 4.69) is 9.30 Å². The molecule has 37 heavy (non-hydrogen) atoms. The van der Waals surface area contributed by atoms with Gasteiger partial charge in [0.25, 0.3) is 0 Å². The van der Waals surface area contributed by atoms with Crippen molar-refractivity contribution in [3.8, 4) is 11.5 Å². The van der Waals surface area contributed by atoms with Gasteiger partial charge in [0.2, 0.25) is 0 Å². The van der Waals surface area contributed by atoms with Crippen molar-refractivity contribution in [3.05, 3.63) is 130 Å². The van der Waals surface area contributed by atoms with Crippen LogP contribution in [-0.4, -0.2) is 4.40 Å². The van der Waals surface area contributed by atoms with Crippen molar-refractivity contribution in [3.63, 3.8) is 0 Å². The Morgan fingerprint density at radius 1 is 0.514 bits per heavy atom. The molecule has 0 unspecified atom stereocenters. The summed E-state index contributed by atoms with van der Waals surface area (Å²) in [6, 6.07) is 34.7. The Morgan fingerprint density at radius 3 is 1.78 bits per heavy atom. The molecule has 0 aliphatic carbocycles. The van der Waals surface area contributed by atoms with E-state index in [0.29, 0.717) is 27.1 Å². The molecule has 1 aliphatic heterocycles. The molecule has 0 spiro atoms. The Labute approximate surface area is 210 Å². The molecule has 174 valence electrons. The van der Waals surface area contributed by atoms with Crippen molar-refractivity contribution in [1.82, 2.24) is 4.40 Å². The van der Waals surface area contributed by atoms with E-state index in [1.165, 1.54) is 0 Å². The number of hydrogen-bond acceptors (Lipinski definition) is 4. The third-order valence-electron chi connectivity index (χ3n) is 7.30. The van der Waals surface area contributed by atoms with Crippen LogP contribution in [0.25, 0.3) is 38.1 Å². The highest BCUT2D eigenvalue weighted by Gasteiger charge is 2.26. The smallest absolute Gasteiger partial charge is 0.197 e. The van der Waals surface area contributed by atoms with E-state index >= 15 is 0 Å². The van der Waals surface area contributed by atoms with E-state index in [9.17, 15) is 9.59 Å². The monoisotopic (exact) mass is 478 g/mol. The van der Waals surface area contributed by atoms with Crippen LogP contribution in [0.15, 0.2) is 119 Å². The zero-order valence-electron chi connectivity index (χ0n) is 19.5. The number of ether oxygens (including phenoxy) is 1. The second-order valence-electron chi connectivity index (χ2n) is 9.29. The standard InChI is InChI=1S/C32H18N2O3/c35-31-20-8-1-2-11-24(20)34-27-18-19(16-17-21(27)32(36)23-10-7-9-22(31)30(23)34)33-25-12-3-5-14-28(25)37-29-15-6-4-13-26(29)33/h1-18H. The number of anilines is 3. The number of nitrogens with zero attached hydrogens (tertiary/aromatic N) is 2. The highest BCUT2D eigenvalue weighted by atomic mass is 16.5. The third-order valence-corrected chi connectivity index (χ3v) is 7.30. The number of rotatable bonds is 1. The largest absolute Gasteiger partial charge is 0.453 e. The van der Waals surface area contributed by atoms with Gasteiger partial charge in [0.15, 0.2) is 22.4 Å². The molecule has 0 saturated carbocycles. The minimum atomic E-state index is -0.0791. The number of aromatic nitrogens is 1. The molecule has 0 bridgehead atoms. The van der Waals surface area contributed by atoms with Gasteiger partial charge in [-0.2, -0.15) is 0 Å². The highest BCUT2D eigenvalue weighted by Crippen LogP contribution is 2.50. The lowest BCUT2D eigenvalue weighted by molar-refractivity contribution is 0.477. The first-order valence-electron chi connectivity index (χ1n) is 12.1. The van der Waals surface area contributed by atoms with Crippen molar-refractivity contribution in [2.75, 3.05) is 4.90 Å². The van der Waals surface area contributed by atoms with Gasteiger partial charge in [0.05, 0.1) is 27.9 Å². The summed E-state index contributed by atoms with van der Waals surface area (Å²) in [7, 11) is 0. The van der Waals surface area contributed by atoms with Crippen LogP contribution in [0.1, 0.15) is 0 Å². The summed E-state index contributed by atoms with van der Waals surface area (Å²) < 4.78 is 8.26. The number of hydrogen-bond donors (Lipinski definition) is 0. The summed E-state index contributed by atoms with van der Waals surface area (Å²) in [6.07, 6.45) is 0. The number of para-hydroxylation sites is 6. The highest BCUT2D eigenvalue weighted by molar-refractivity contribution is 6.08. The molecule has 1 aliphatic rings. The maximum absolute atomic E-state index is 13.7. The van der Waals surface area contributed by atoms with Gasteiger partial charge in [-0.15, -0.1) is 0 Å². The van der Waals surface area contributed by atoms with Crippen LogP contribution >= 0.6 is 0 Å². The van der Waals surface area contributed by atoms with Crippen LogP contribution in [0.5, 0.6) is 11.5 Å². The summed E-state index contributed by atoms with van der Waals surface area (Å²) in [6.45, 7) is 0. The first-order valence-corrected chi connectivity index (χ1v) is 12.1. The average molecular weight is 479 g/mol. The molecular weight excluding hydrogens is 460 g/mol. The van der Waals surface area contributed by atoms with Crippen molar-refractivity contribution in [2.24, 2.45) is 0 Å². The van der Waals surface area contributed by atoms with Crippen LogP contribution < -0.4 is 20.5 Å². The molecule has 8 rings (SSSR count). The van der Waals surface area contributed by atoms with Gasteiger partial charge in [-0.1, -0.05) is 42.5 Å². The van der Waals surface area contributed by atoms with Gasteiger partial charge in [-0.05, 0) is 66.7 Å². The first kappa shape index (κ1) is 20.1. The molecule has 5 heteroatoms. The van der Waals surface area contributed by atoms with Crippen LogP contribution in [0.3, 0.4) is 0 Å². The molecule has 2 aromatic heterocycles. The Kier molecular flexibility index (Phi) is 3.90. The van der Waals surface area contributed by atoms with Gasteiger partial charge < -0.3 is 14.0 Å². The van der Waals surface area contributed by atoms with Gasteiger partial charge in [-0.25, -0.2) is 0 Å². The molecule has 5 nitrogen and oxygen atoms in total. The lowest BCUT2D eigenvalue weighted by Crippen LogP contribution is -2.17. The Hall–Kier alpha value is -5.16. The molecule has 0 N–H and O–H groups in total. The molecular formula is C32H18N2O3. The minimum Gasteiger partial charge on any atom is -0.453 e. The lowest BCUT2D eigenvalue weighted by atomic mass is 10.0. The zero-order valence-corrected chi connectivity index (χ0v) is 19.5. The molecule has 0 fully saturated rings. The fraction of sp³-hybridized carbons (Fsp3) is 0. The summed E-state index contributed by atoms with van der Waals surface area (Å²) in [5.41, 5.74) is 4.77. The Balaban J connectivity index is 1.55. The number of pyridine rings is 2. The van der Waals surface area contributed by atoms with Crippen molar-refractivity contribution in [2.45, 2.75) is 0 Å². The van der Waals surface area contributed by atoms with E-state index in [-0.39, 0.29) is 10.9 Å². The van der Waals surface area contributed by atoms with E-state index in [1.54, 1.807) is 18.2 Å². The fourth-order valence-corrected chi connectivity index (χ4v) is 5.69. The molecule has 0 radical (unpaired) electrons. The number of benzene rings is 5. The van der Waals surface area contributed by atoms with Crippen LogP contribution in [0, 0.1) is 0 Å². The SMILES string of the molecule is O=c1c2ccccc2n2c3cc(N4c5ccccc5Oc5ccccc54)ccc3c(=O)c3cccc1c32. The van der Waals surface area contributed by atoms with Crippen LogP contribution in [0.4, 0.5) is 17.1 Å². The van der Waals surface area contributed by atoms with E-state index in [0.717, 1.165) is 39.6 Å². The van der Waals surface area contributed by atoms with Gasteiger partial charge in [-0.3, -0.25) is 9.59 Å². The zero-order chi connectivity index (χ0) is 24.7. The Morgan fingerprint density at radius 2 is 1.08 bits per heavy atom. The molecule has 7 aromatic rings. The topological polar surface area (TPSA) is 51.0 Å². The molecule has 5 aromatic carbocycles. The predicted molar refractivity (Wildman–Crippen MR) is 148 cm³/mol. The summed E-state index contributed by atoms with van der Waals surface area (Å²) in [5.74, 6) is 1.52. The maximum atomic E-state index is 13.7. The second-order valence-corrected chi connectivity index (χ2v) is 9.29. The van der Waals surface area contributed by atoms with E-state index in [1.807, 2.05) is 91.0 Å². The van der Waals surface area contributed by atoms with E-state index < -0.39 is 0 Å². The molecule has 0 atom stereocenters. The van der Waals surface area contributed by atoms with Crippen molar-refractivity contribution >= 4 is 55.2 Å².